The van der Waals surface area contributed by atoms with Crippen LogP contribution in [0.4, 0.5) is 0 Å². The van der Waals surface area contributed by atoms with E-state index in [9.17, 15) is 4.79 Å². The number of aryl methyl sites for hydroxylation is 1. The number of hydrogen-bond donors (Lipinski definition) is 2. The highest BCUT2D eigenvalue weighted by atomic mass is 16.4. The maximum absolute atomic E-state index is 11.0. The molecule has 1 atom stereocenters. The molecule has 17 heavy (non-hydrogen) atoms. The van der Waals surface area contributed by atoms with Crippen LogP contribution in [0.15, 0.2) is 22.6 Å². The molecule has 2 rings (SSSR count). The summed E-state index contributed by atoms with van der Waals surface area (Å²) < 4.78 is 5.41. The zero-order valence-corrected chi connectivity index (χ0v) is 9.38. The Bertz CT molecular complexity index is 544. The predicted octanol–water partition coefficient (Wildman–Crippen LogP) is 1.84. The maximum Gasteiger partial charge on any atom is 0.339 e. The molecule has 1 aromatic heterocycles. The number of carboxylic acids is 1. The van der Waals surface area contributed by atoms with Crippen molar-refractivity contribution in [1.29, 1.82) is 0 Å². The van der Waals surface area contributed by atoms with E-state index in [0.717, 1.165) is 0 Å². The topological polar surface area (TPSA) is 83.6 Å². The summed E-state index contributed by atoms with van der Waals surface area (Å²) in [5, 5.41) is 18.2. The molecule has 0 bridgehead atoms. The van der Waals surface area contributed by atoms with Gasteiger partial charge in [-0.2, -0.15) is 0 Å². The van der Waals surface area contributed by atoms with Crippen LogP contribution < -0.4 is 0 Å². The number of aromatic nitrogens is 1. The molecule has 1 aromatic carbocycles. The van der Waals surface area contributed by atoms with Crippen molar-refractivity contribution in [2.24, 2.45) is 0 Å². The number of carbonyl (C=O) groups is 1. The number of aliphatic hydroxyl groups excluding tert-OH is 1. The second-order valence-corrected chi connectivity index (χ2v) is 3.95. The van der Waals surface area contributed by atoms with Crippen LogP contribution in [0.2, 0.25) is 0 Å². The molecule has 1 heterocycles. The zero-order chi connectivity index (χ0) is 12.4. The summed E-state index contributed by atoms with van der Waals surface area (Å²) >= 11 is 0. The quantitative estimate of drug-likeness (QED) is 0.844. The summed E-state index contributed by atoms with van der Waals surface area (Å²) in [5.74, 6) is -0.580. The van der Waals surface area contributed by atoms with Gasteiger partial charge < -0.3 is 14.6 Å². The minimum absolute atomic E-state index is 0.110. The third-order valence-electron chi connectivity index (χ3n) is 2.47. The highest BCUT2D eigenvalue weighted by Gasteiger charge is 2.14. The molecule has 0 aliphatic carbocycles. The van der Waals surface area contributed by atoms with E-state index in [-0.39, 0.29) is 5.56 Å². The third kappa shape index (κ3) is 2.45. The first-order valence-corrected chi connectivity index (χ1v) is 5.37. The first-order chi connectivity index (χ1) is 8.08. The lowest BCUT2D eigenvalue weighted by Gasteiger charge is -1.99. The number of nitrogens with zero attached hydrogens (tertiary/aromatic N) is 1. The van der Waals surface area contributed by atoms with Crippen LogP contribution in [0.1, 0.15) is 29.6 Å². The van der Waals surface area contributed by atoms with Gasteiger partial charge in [0.15, 0.2) is 11.5 Å². The van der Waals surface area contributed by atoms with Gasteiger partial charge in [-0.15, -0.1) is 0 Å². The van der Waals surface area contributed by atoms with Crippen molar-refractivity contribution in [1.82, 2.24) is 4.98 Å². The second-order valence-electron chi connectivity index (χ2n) is 3.95. The Morgan fingerprint density at radius 3 is 2.94 bits per heavy atom. The first-order valence-electron chi connectivity index (χ1n) is 5.37. The Morgan fingerprint density at radius 2 is 2.29 bits per heavy atom. The summed E-state index contributed by atoms with van der Waals surface area (Å²) in [6, 6.07) is 4.82. The molecule has 5 nitrogen and oxygen atoms in total. The lowest BCUT2D eigenvalue weighted by molar-refractivity contribution is 0.0697. The zero-order valence-electron chi connectivity index (χ0n) is 9.38. The van der Waals surface area contributed by atoms with Crippen molar-refractivity contribution in [2.45, 2.75) is 25.9 Å². The van der Waals surface area contributed by atoms with Crippen LogP contribution in [-0.2, 0) is 6.42 Å². The molecule has 0 aliphatic heterocycles. The van der Waals surface area contributed by atoms with Crippen molar-refractivity contribution >= 4 is 17.1 Å². The number of carboxylic acid groups (broad SMARTS) is 1. The second kappa shape index (κ2) is 4.55. The van der Waals surface area contributed by atoms with Crippen molar-refractivity contribution in [3.05, 3.63) is 29.7 Å². The molecule has 2 aromatic rings. The van der Waals surface area contributed by atoms with Gasteiger partial charge in [-0.1, -0.05) is 6.07 Å². The first kappa shape index (κ1) is 11.6. The molecule has 0 spiro atoms. The average molecular weight is 235 g/mol. The van der Waals surface area contributed by atoms with Crippen molar-refractivity contribution < 1.29 is 19.4 Å². The van der Waals surface area contributed by atoms with Crippen LogP contribution in [0.5, 0.6) is 0 Å². The molecule has 90 valence electrons. The number of aliphatic hydroxyl groups is 1. The smallest absolute Gasteiger partial charge is 0.339 e. The van der Waals surface area contributed by atoms with E-state index >= 15 is 0 Å². The Kier molecular flexibility index (Phi) is 3.10. The monoisotopic (exact) mass is 235 g/mol. The number of aromatic carboxylic acids is 1. The van der Waals surface area contributed by atoms with Gasteiger partial charge in [0.2, 0.25) is 0 Å². The van der Waals surface area contributed by atoms with Crippen molar-refractivity contribution in [3.8, 4) is 0 Å². The predicted molar refractivity (Wildman–Crippen MR) is 61.0 cm³/mol. The molecule has 0 amide bonds. The van der Waals surface area contributed by atoms with Gasteiger partial charge in [-0.3, -0.25) is 0 Å². The normalized spacial score (nSPS) is 12.8. The summed E-state index contributed by atoms with van der Waals surface area (Å²) in [4.78, 5) is 15.1. The Morgan fingerprint density at radius 1 is 1.53 bits per heavy atom. The highest BCUT2D eigenvalue weighted by Crippen LogP contribution is 2.21. The van der Waals surface area contributed by atoms with E-state index in [0.29, 0.717) is 29.8 Å². The summed E-state index contributed by atoms with van der Waals surface area (Å²) in [5.41, 5.74) is 0.935. The van der Waals surface area contributed by atoms with Gasteiger partial charge in [-0.05, 0) is 25.5 Å². The number of fused-ring (bicyclic) bond motifs is 1. The number of hydrogen-bond acceptors (Lipinski definition) is 4. The number of benzene rings is 1. The SMILES string of the molecule is CC(O)CCc1nc2cccc(C(=O)O)c2o1. The van der Waals surface area contributed by atoms with Crippen LogP contribution in [0.25, 0.3) is 11.1 Å². The number of para-hydroxylation sites is 1. The van der Waals surface area contributed by atoms with Gasteiger partial charge in [0.05, 0.1) is 6.10 Å². The fraction of sp³-hybridized carbons (Fsp3) is 0.333. The van der Waals surface area contributed by atoms with Gasteiger partial charge in [0, 0.05) is 6.42 Å². The van der Waals surface area contributed by atoms with E-state index < -0.39 is 12.1 Å². The molecule has 0 fully saturated rings. The molecule has 5 heteroatoms. The summed E-state index contributed by atoms with van der Waals surface area (Å²) in [6.45, 7) is 1.69. The minimum Gasteiger partial charge on any atom is -0.478 e. The highest BCUT2D eigenvalue weighted by molar-refractivity contribution is 5.99. The third-order valence-corrected chi connectivity index (χ3v) is 2.47. The van der Waals surface area contributed by atoms with E-state index in [1.165, 1.54) is 6.07 Å². The fourth-order valence-electron chi connectivity index (χ4n) is 1.60. The van der Waals surface area contributed by atoms with Gasteiger partial charge >= 0.3 is 5.97 Å². The van der Waals surface area contributed by atoms with E-state index in [4.69, 9.17) is 14.6 Å². The minimum atomic E-state index is -1.03. The average Bonchev–Trinajstić information content (AvgIpc) is 2.68. The number of oxazole rings is 1. The van der Waals surface area contributed by atoms with E-state index in [1.807, 2.05) is 0 Å². The summed E-state index contributed by atoms with van der Waals surface area (Å²) in [6.07, 6.45) is 0.602. The Hall–Kier alpha value is -1.88. The molecule has 0 aliphatic rings. The van der Waals surface area contributed by atoms with Crippen LogP contribution in [-0.4, -0.2) is 27.3 Å². The largest absolute Gasteiger partial charge is 0.478 e. The van der Waals surface area contributed by atoms with Crippen LogP contribution >= 0.6 is 0 Å². The van der Waals surface area contributed by atoms with E-state index in [2.05, 4.69) is 4.98 Å². The molecular formula is C12H13NO4. The molecule has 0 saturated heterocycles. The van der Waals surface area contributed by atoms with Gasteiger partial charge in [0.25, 0.3) is 0 Å². The molecule has 0 saturated carbocycles. The lowest BCUT2D eigenvalue weighted by atomic mass is 10.2. The summed E-state index contributed by atoms with van der Waals surface area (Å²) in [7, 11) is 0. The van der Waals surface area contributed by atoms with Gasteiger partial charge in [-0.25, -0.2) is 9.78 Å². The standard InChI is InChI=1S/C12H13NO4/c1-7(14)5-6-10-13-9-4-2-3-8(12(15)16)11(9)17-10/h2-4,7,14H,5-6H2,1H3,(H,15,16). The molecule has 1 unspecified atom stereocenters. The molecular weight excluding hydrogens is 222 g/mol. The fourth-order valence-corrected chi connectivity index (χ4v) is 1.60. The number of rotatable bonds is 4. The van der Waals surface area contributed by atoms with Crippen molar-refractivity contribution in [2.75, 3.05) is 0 Å². The maximum atomic E-state index is 11.0. The lowest BCUT2D eigenvalue weighted by Crippen LogP contribution is -2.01. The Labute approximate surface area is 97.7 Å². The molecule has 2 N–H and O–H groups in total. The van der Waals surface area contributed by atoms with Crippen molar-refractivity contribution in [3.63, 3.8) is 0 Å². The van der Waals surface area contributed by atoms with Crippen LogP contribution in [0, 0.1) is 0 Å². The Balaban J connectivity index is 2.36. The van der Waals surface area contributed by atoms with Gasteiger partial charge in [0.1, 0.15) is 11.1 Å². The molecule has 0 radical (unpaired) electrons. The van der Waals surface area contributed by atoms with E-state index in [1.54, 1.807) is 19.1 Å². The van der Waals surface area contributed by atoms with Crippen LogP contribution in [0.3, 0.4) is 0 Å².